The minimum absolute atomic E-state index is 0.781. The first-order valence-electron chi connectivity index (χ1n) is 9.45. The van der Waals surface area contributed by atoms with Crippen molar-refractivity contribution in [1.29, 1.82) is 0 Å². The number of hydrogen-bond donors (Lipinski definition) is 1. The van der Waals surface area contributed by atoms with Gasteiger partial charge in [0.2, 0.25) is 0 Å². The Morgan fingerprint density at radius 3 is 2.79 bits per heavy atom. The number of aliphatic imine (C=N–C) groups is 1. The molecule has 1 N–H and O–H groups in total. The highest BCUT2D eigenvalue weighted by Gasteiger charge is 2.22. The van der Waals surface area contributed by atoms with Crippen molar-refractivity contribution in [2.75, 3.05) is 39.8 Å². The molecule has 3 heterocycles. The summed E-state index contributed by atoms with van der Waals surface area (Å²) in [7, 11) is 1.92. The first-order valence-corrected chi connectivity index (χ1v) is 10.3. The Kier molecular flexibility index (Phi) is 6.55. The molecule has 1 aromatic rings. The van der Waals surface area contributed by atoms with Crippen molar-refractivity contribution in [3.05, 3.63) is 22.4 Å². The summed E-state index contributed by atoms with van der Waals surface area (Å²) in [4.78, 5) is 11.1. The van der Waals surface area contributed by atoms with Gasteiger partial charge in [-0.1, -0.05) is 13.0 Å². The topological polar surface area (TPSA) is 30.9 Å². The molecule has 0 radical (unpaired) electrons. The van der Waals surface area contributed by atoms with Gasteiger partial charge in [-0.3, -0.25) is 9.89 Å². The zero-order chi connectivity index (χ0) is 16.8. The molecule has 2 fully saturated rings. The Labute approximate surface area is 150 Å². The third-order valence-electron chi connectivity index (χ3n) is 5.38. The predicted molar refractivity (Wildman–Crippen MR) is 104 cm³/mol. The van der Waals surface area contributed by atoms with Gasteiger partial charge in [0.1, 0.15) is 0 Å². The van der Waals surface area contributed by atoms with Gasteiger partial charge in [0.05, 0.1) is 0 Å². The lowest BCUT2D eigenvalue weighted by molar-refractivity contribution is 0.178. The zero-order valence-electron chi connectivity index (χ0n) is 15.2. The second kappa shape index (κ2) is 8.86. The maximum Gasteiger partial charge on any atom is 0.193 e. The van der Waals surface area contributed by atoms with Crippen LogP contribution in [0.15, 0.2) is 22.5 Å². The second-order valence-corrected chi connectivity index (χ2v) is 8.45. The first-order chi connectivity index (χ1) is 11.7. The van der Waals surface area contributed by atoms with Gasteiger partial charge in [0.25, 0.3) is 0 Å². The van der Waals surface area contributed by atoms with Crippen LogP contribution >= 0.6 is 11.3 Å². The Balaban J connectivity index is 1.39. The normalized spacial score (nSPS) is 24.3. The minimum atomic E-state index is 0.781. The fourth-order valence-electron chi connectivity index (χ4n) is 3.92. The monoisotopic (exact) mass is 348 g/mol. The van der Waals surface area contributed by atoms with Crippen molar-refractivity contribution in [3.63, 3.8) is 0 Å². The Bertz CT molecular complexity index is 505. The first kappa shape index (κ1) is 17.7. The number of nitrogens with zero attached hydrogens (tertiary/aromatic N) is 3. The number of hydrogen-bond acceptors (Lipinski definition) is 3. The van der Waals surface area contributed by atoms with Crippen molar-refractivity contribution >= 4 is 17.3 Å². The highest BCUT2D eigenvalue weighted by molar-refractivity contribution is 7.09. The maximum absolute atomic E-state index is 4.52. The molecule has 0 aliphatic carbocycles. The molecule has 2 aliphatic rings. The standard InChI is InChI=1S/C19H32N4S/c1-16-5-3-9-23(14-16)19(20-2)21-13-17-7-10-22(11-8-17)15-18-6-4-12-24-18/h4,6,12,16-17H,3,5,7-11,13-15H2,1-2H3,(H,20,21). The summed E-state index contributed by atoms with van der Waals surface area (Å²) >= 11 is 1.88. The summed E-state index contributed by atoms with van der Waals surface area (Å²) in [6.07, 6.45) is 5.25. The lowest BCUT2D eigenvalue weighted by Crippen LogP contribution is -2.48. The molecular weight excluding hydrogens is 316 g/mol. The average molecular weight is 349 g/mol. The summed E-state index contributed by atoms with van der Waals surface area (Å²) in [5, 5.41) is 5.83. The van der Waals surface area contributed by atoms with Crippen LogP contribution in [0.5, 0.6) is 0 Å². The summed E-state index contributed by atoms with van der Waals surface area (Å²) in [5.74, 6) is 2.68. The number of rotatable bonds is 4. The van der Waals surface area contributed by atoms with Gasteiger partial charge in [-0.2, -0.15) is 0 Å². The van der Waals surface area contributed by atoms with Crippen LogP contribution in [0.4, 0.5) is 0 Å². The Morgan fingerprint density at radius 1 is 1.29 bits per heavy atom. The van der Waals surface area contributed by atoms with Crippen LogP contribution in [-0.2, 0) is 6.54 Å². The average Bonchev–Trinajstić information content (AvgIpc) is 3.10. The van der Waals surface area contributed by atoms with Gasteiger partial charge in [0.15, 0.2) is 5.96 Å². The van der Waals surface area contributed by atoms with Gasteiger partial charge in [-0.25, -0.2) is 0 Å². The van der Waals surface area contributed by atoms with Crippen molar-refractivity contribution in [1.82, 2.24) is 15.1 Å². The van der Waals surface area contributed by atoms with E-state index in [1.807, 2.05) is 18.4 Å². The number of piperidine rings is 2. The highest BCUT2D eigenvalue weighted by atomic mass is 32.1. The number of nitrogens with one attached hydrogen (secondary N) is 1. The quantitative estimate of drug-likeness (QED) is 0.669. The van der Waals surface area contributed by atoms with E-state index in [0.29, 0.717) is 0 Å². The van der Waals surface area contributed by atoms with Crippen molar-refractivity contribution < 1.29 is 0 Å². The molecule has 2 aliphatic heterocycles. The minimum Gasteiger partial charge on any atom is -0.356 e. The molecule has 0 bridgehead atoms. The maximum atomic E-state index is 4.52. The van der Waals surface area contributed by atoms with E-state index in [1.54, 1.807) is 0 Å². The van der Waals surface area contributed by atoms with E-state index in [1.165, 1.54) is 43.6 Å². The van der Waals surface area contributed by atoms with E-state index in [-0.39, 0.29) is 0 Å². The van der Waals surface area contributed by atoms with Crippen molar-refractivity contribution in [2.45, 2.75) is 39.2 Å². The molecule has 1 unspecified atom stereocenters. The number of likely N-dealkylation sites (tertiary alicyclic amines) is 2. The fourth-order valence-corrected chi connectivity index (χ4v) is 4.67. The summed E-state index contributed by atoms with van der Waals surface area (Å²) in [6, 6.07) is 4.41. The molecule has 4 nitrogen and oxygen atoms in total. The third-order valence-corrected chi connectivity index (χ3v) is 6.25. The molecule has 3 rings (SSSR count). The van der Waals surface area contributed by atoms with Crippen LogP contribution in [0.2, 0.25) is 0 Å². The lowest BCUT2D eigenvalue weighted by atomic mass is 9.96. The zero-order valence-corrected chi connectivity index (χ0v) is 16.0. The molecule has 0 spiro atoms. The molecule has 0 aromatic carbocycles. The second-order valence-electron chi connectivity index (χ2n) is 7.42. The van der Waals surface area contributed by atoms with Crippen LogP contribution in [0, 0.1) is 11.8 Å². The summed E-state index contributed by atoms with van der Waals surface area (Å²) in [5.41, 5.74) is 0. The number of guanidine groups is 1. The van der Waals surface area contributed by atoms with Gasteiger partial charge < -0.3 is 10.2 Å². The predicted octanol–water partition coefficient (Wildman–Crippen LogP) is 3.27. The van der Waals surface area contributed by atoms with E-state index < -0.39 is 0 Å². The molecule has 2 saturated heterocycles. The Morgan fingerprint density at radius 2 is 2.12 bits per heavy atom. The molecule has 134 valence electrons. The van der Waals surface area contributed by atoms with Gasteiger partial charge >= 0.3 is 0 Å². The van der Waals surface area contributed by atoms with Gasteiger partial charge in [0, 0.05) is 38.1 Å². The van der Waals surface area contributed by atoms with Crippen LogP contribution in [-0.4, -0.2) is 55.5 Å². The smallest absolute Gasteiger partial charge is 0.193 e. The van der Waals surface area contributed by atoms with Gasteiger partial charge in [-0.05, 0) is 62.1 Å². The van der Waals surface area contributed by atoms with Crippen LogP contribution in [0.3, 0.4) is 0 Å². The van der Waals surface area contributed by atoms with Crippen molar-refractivity contribution in [2.24, 2.45) is 16.8 Å². The highest BCUT2D eigenvalue weighted by Crippen LogP contribution is 2.20. The summed E-state index contributed by atoms with van der Waals surface area (Å²) in [6.45, 7) is 9.31. The van der Waals surface area contributed by atoms with E-state index in [9.17, 15) is 0 Å². The van der Waals surface area contributed by atoms with E-state index in [0.717, 1.165) is 44.0 Å². The molecule has 1 atom stereocenters. The molecular formula is C19H32N4S. The lowest BCUT2D eigenvalue weighted by Gasteiger charge is -2.35. The molecule has 0 amide bonds. The van der Waals surface area contributed by atoms with E-state index in [4.69, 9.17) is 0 Å². The van der Waals surface area contributed by atoms with Crippen molar-refractivity contribution in [3.8, 4) is 0 Å². The molecule has 24 heavy (non-hydrogen) atoms. The number of thiophene rings is 1. The molecule has 1 aromatic heterocycles. The molecule has 0 saturated carbocycles. The van der Waals surface area contributed by atoms with Crippen LogP contribution in [0.1, 0.15) is 37.5 Å². The Hall–Kier alpha value is -1.07. The molecule has 5 heteroatoms. The fraction of sp³-hybridized carbons (Fsp3) is 0.737. The van der Waals surface area contributed by atoms with E-state index >= 15 is 0 Å². The van der Waals surface area contributed by atoms with Gasteiger partial charge in [-0.15, -0.1) is 11.3 Å². The van der Waals surface area contributed by atoms with Crippen LogP contribution < -0.4 is 5.32 Å². The SMILES string of the molecule is CN=C(NCC1CCN(Cc2cccs2)CC1)N1CCCC(C)C1. The van der Waals surface area contributed by atoms with E-state index in [2.05, 4.69) is 44.5 Å². The largest absolute Gasteiger partial charge is 0.356 e. The third kappa shape index (κ3) is 4.96. The summed E-state index contributed by atoms with van der Waals surface area (Å²) < 4.78 is 0. The van der Waals surface area contributed by atoms with Crippen LogP contribution in [0.25, 0.3) is 0 Å².